The number of rotatable bonds is 7. The highest BCUT2D eigenvalue weighted by molar-refractivity contribution is 7.98. The van der Waals surface area contributed by atoms with E-state index in [0.717, 1.165) is 11.6 Å². The van der Waals surface area contributed by atoms with Gasteiger partial charge in [-0.05, 0) is 49.7 Å². The SMILES string of the molecule is CSCCCN(C)C(CN)c1cccc(Cl)c1. The predicted octanol–water partition coefficient (Wildman–Crippen LogP) is 3.02. The van der Waals surface area contributed by atoms with E-state index in [4.69, 9.17) is 17.3 Å². The maximum absolute atomic E-state index is 6.01. The van der Waals surface area contributed by atoms with Crippen LogP contribution in [0.2, 0.25) is 5.02 Å². The first-order chi connectivity index (χ1) is 8.19. The van der Waals surface area contributed by atoms with Crippen LogP contribution >= 0.6 is 23.4 Å². The summed E-state index contributed by atoms with van der Waals surface area (Å²) in [4.78, 5) is 2.31. The third kappa shape index (κ3) is 4.88. The number of nitrogens with zero attached hydrogens (tertiary/aromatic N) is 1. The van der Waals surface area contributed by atoms with Gasteiger partial charge in [-0.15, -0.1) is 0 Å². The zero-order chi connectivity index (χ0) is 12.7. The van der Waals surface area contributed by atoms with Crippen LogP contribution in [0.3, 0.4) is 0 Å². The van der Waals surface area contributed by atoms with E-state index < -0.39 is 0 Å². The molecule has 0 saturated heterocycles. The molecule has 0 saturated carbocycles. The summed E-state index contributed by atoms with van der Waals surface area (Å²) in [6.07, 6.45) is 3.33. The molecule has 96 valence electrons. The lowest BCUT2D eigenvalue weighted by Crippen LogP contribution is -2.31. The molecule has 0 bridgehead atoms. The van der Waals surface area contributed by atoms with Gasteiger partial charge in [-0.25, -0.2) is 0 Å². The van der Waals surface area contributed by atoms with Gasteiger partial charge >= 0.3 is 0 Å². The lowest BCUT2D eigenvalue weighted by molar-refractivity contribution is 0.251. The Hall–Kier alpha value is -0.220. The Morgan fingerprint density at radius 1 is 1.47 bits per heavy atom. The molecule has 0 spiro atoms. The number of halogens is 1. The normalized spacial score (nSPS) is 13.0. The summed E-state index contributed by atoms with van der Waals surface area (Å²) in [6.45, 7) is 1.69. The van der Waals surface area contributed by atoms with Gasteiger partial charge < -0.3 is 5.73 Å². The molecule has 1 aromatic carbocycles. The van der Waals surface area contributed by atoms with Gasteiger partial charge in [0.25, 0.3) is 0 Å². The number of hydrogen-bond donors (Lipinski definition) is 1. The van der Waals surface area contributed by atoms with E-state index in [0.29, 0.717) is 6.54 Å². The Morgan fingerprint density at radius 3 is 2.82 bits per heavy atom. The van der Waals surface area contributed by atoms with Gasteiger partial charge in [0, 0.05) is 17.6 Å². The van der Waals surface area contributed by atoms with Crippen LogP contribution in [0.15, 0.2) is 24.3 Å². The van der Waals surface area contributed by atoms with E-state index in [9.17, 15) is 0 Å². The van der Waals surface area contributed by atoms with Crippen molar-refractivity contribution in [2.24, 2.45) is 5.73 Å². The van der Waals surface area contributed by atoms with Crippen LogP contribution in [-0.2, 0) is 0 Å². The minimum Gasteiger partial charge on any atom is -0.329 e. The molecule has 1 unspecified atom stereocenters. The fraction of sp³-hybridized carbons (Fsp3) is 0.538. The number of thioether (sulfide) groups is 1. The Balaban J connectivity index is 2.63. The van der Waals surface area contributed by atoms with Gasteiger partial charge in [0.1, 0.15) is 0 Å². The molecule has 1 atom stereocenters. The highest BCUT2D eigenvalue weighted by Crippen LogP contribution is 2.21. The zero-order valence-corrected chi connectivity index (χ0v) is 12.1. The third-order valence-electron chi connectivity index (χ3n) is 2.85. The van der Waals surface area contributed by atoms with Crippen molar-refractivity contribution >= 4 is 23.4 Å². The molecule has 4 heteroatoms. The van der Waals surface area contributed by atoms with Crippen molar-refractivity contribution in [3.05, 3.63) is 34.9 Å². The molecule has 2 nitrogen and oxygen atoms in total. The Labute approximate surface area is 114 Å². The highest BCUT2D eigenvalue weighted by Gasteiger charge is 2.14. The van der Waals surface area contributed by atoms with E-state index in [1.165, 1.54) is 17.7 Å². The van der Waals surface area contributed by atoms with E-state index in [-0.39, 0.29) is 6.04 Å². The molecule has 2 N–H and O–H groups in total. The number of hydrogen-bond acceptors (Lipinski definition) is 3. The fourth-order valence-corrected chi connectivity index (χ4v) is 2.51. The average molecular weight is 273 g/mol. The molecule has 1 rings (SSSR count). The van der Waals surface area contributed by atoms with Crippen molar-refractivity contribution in [1.29, 1.82) is 0 Å². The fourth-order valence-electron chi connectivity index (χ4n) is 1.90. The van der Waals surface area contributed by atoms with Crippen molar-refractivity contribution in [3.8, 4) is 0 Å². The van der Waals surface area contributed by atoms with Crippen molar-refractivity contribution < 1.29 is 0 Å². The minimum atomic E-state index is 0.260. The predicted molar refractivity (Wildman–Crippen MR) is 78.9 cm³/mol. The smallest absolute Gasteiger partial charge is 0.0467 e. The molecule has 0 aliphatic carbocycles. The molecule has 0 amide bonds. The largest absolute Gasteiger partial charge is 0.329 e. The summed E-state index contributed by atoms with van der Waals surface area (Å²) in [5.74, 6) is 1.19. The molecule has 0 fully saturated rings. The molecule has 0 radical (unpaired) electrons. The Morgan fingerprint density at radius 2 is 2.24 bits per heavy atom. The second kappa shape index (κ2) is 7.98. The van der Waals surface area contributed by atoms with Gasteiger partial charge in [0.05, 0.1) is 0 Å². The minimum absolute atomic E-state index is 0.260. The van der Waals surface area contributed by atoms with Crippen LogP contribution in [0.1, 0.15) is 18.0 Å². The highest BCUT2D eigenvalue weighted by atomic mass is 35.5. The quantitative estimate of drug-likeness (QED) is 0.774. The van der Waals surface area contributed by atoms with Crippen molar-refractivity contribution in [2.75, 3.05) is 32.1 Å². The van der Waals surface area contributed by atoms with E-state index in [1.807, 2.05) is 30.0 Å². The van der Waals surface area contributed by atoms with Crippen LogP contribution in [0.4, 0.5) is 0 Å². The second-order valence-corrected chi connectivity index (χ2v) is 5.56. The topological polar surface area (TPSA) is 29.3 Å². The molecule has 0 heterocycles. The van der Waals surface area contributed by atoms with E-state index >= 15 is 0 Å². The molecule has 17 heavy (non-hydrogen) atoms. The maximum atomic E-state index is 6.01. The average Bonchev–Trinajstić information content (AvgIpc) is 2.30. The maximum Gasteiger partial charge on any atom is 0.0467 e. The number of likely N-dealkylation sites (N-methyl/N-ethyl adjacent to an activating group) is 1. The van der Waals surface area contributed by atoms with Crippen LogP contribution in [0, 0.1) is 0 Å². The van der Waals surface area contributed by atoms with Gasteiger partial charge in [-0.2, -0.15) is 11.8 Å². The molecule has 0 aliphatic rings. The summed E-state index contributed by atoms with van der Waals surface area (Å²) in [6, 6.07) is 8.23. The lowest BCUT2D eigenvalue weighted by Gasteiger charge is -2.27. The molecule has 0 aromatic heterocycles. The lowest BCUT2D eigenvalue weighted by atomic mass is 10.1. The van der Waals surface area contributed by atoms with Gasteiger partial charge in [0.2, 0.25) is 0 Å². The first-order valence-electron chi connectivity index (χ1n) is 5.83. The summed E-state index contributed by atoms with van der Waals surface area (Å²) >= 11 is 7.90. The first-order valence-corrected chi connectivity index (χ1v) is 7.61. The van der Waals surface area contributed by atoms with Crippen molar-refractivity contribution in [3.63, 3.8) is 0 Å². The number of benzene rings is 1. The Bertz CT molecular complexity index is 333. The Kier molecular flexibility index (Phi) is 6.97. The van der Waals surface area contributed by atoms with E-state index in [2.05, 4.69) is 24.3 Å². The molecule has 0 aliphatic heterocycles. The molecular formula is C13H21ClN2S. The van der Waals surface area contributed by atoms with Crippen LogP contribution in [-0.4, -0.2) is 37.0 Å². The molecular weight excluding hydrogens is 252 g/mol. The molecule has 1 aromatic rings. The summed E-state index contributed by atoms with van der Waals surface area (Å²) < 4.78 is 0. The summed E-state index contributed by atoms with van der Waals surface area (Å²) in [7, 11) is 2.12. The second-order valence-electron chi connectivity index (χ2n) is 4.13. The first kappa shape index (κ1) is 14.8. The van der Waals surface area contributed by atoms with Crippen molar-refractivity contribution in [2.45, 2.75) is 12.5 Å². The van der Waals surface area contributed by atoms with Crippen molar-refractivity contribution in [1.82, 2.24) is 4.90 Å². The standard InChI is InChI=1S/C13H21ClN2S/c1-16(7-4-8-17-2)13(10-15)11-5-3-6-12(14)9-11/h3,5-6,9,13H,4,7-8,10,15H2,1-2H3. The monoisotopic (exact) mass is 272 g/mol. The van der Waals surface area contributed by atoms with Crippen LogP contribution in [0.25, 0.3) is 0 Å². The van der Waals surface area contributed by atoms with Gasteiger partial charge in [-0.1, -0.05) is 23.7 Å². The van der Waals surface area contributed by atoms with E-state index in [1.54, 1.807) is 0 Å². The van der Waals surface area contributed by atoms with Crippen LogP contribution in [0.5, 0.6) is 0 Å². The van der Waals surface area contributed by atoms with Crippen LogP contribution < -0.4 is 5.73 Å². The third-order valence-corrected chi connectivity index (χ3v) is 3.78. The summed E-state index contributed by atoms with van der Waals surface area (Å²) in [5.41, 5.74) is 7.07. The number of nitrogens with two attached hydrogens (primary N) is 1. The van der Waals surface area contributed by atoms with Gasteiger partial charge in [-0.3, -0.25) is 4.90 Å². The van der Waals surface area contributed by atoms with Gasteiger partial charge in [0.15, 0.2) is 0 Å². The summed E-state index contributed by atoms with van der Waals surface area (Å²) in [5, 5.41) is 0.776. The zero-order valence-electron chi connectivity index (χ0n) is 10.5.